The Morgan fingerprint density at radius 3 is 2.50 bits per heavy atom. The second-order valence-electron chi connectivity index (χ2n) is 1.61. The number of amides is 1. The van der Waals surface area contributed by atoms with E-state index in [1.807, 2.05) is 0 Å². The van der Waals surface area contributed by atoms with Crippen molar-refractivity contribution in [3.05, 3.63) is 0 Å². The molecule has 0 spiro atoms. The predicted octanol–water partition coefficient (Wildman–Crippen LogP) is -0.571. The molecule has 8 heavy (non-hydrogen) atoms. The van der Waals surface area contributed by atoms with E-state index in [1.54, 1.807) is 6.92 Å². The normalized spacial score (nSPS) is 12.8. The topological polar surface area (TPSA) is 78.3 Å². The van der Waals surface area contributed by atoms with Gasteiger partial charge < -0.3 is 16.2 Å². The zero-order valence-electron chi connectivity index (χ0n) is 4.76. The molecule has 0 rings (SSSR count). The summed E-state index contributed by atoms with van der Waals surface area (Å²) in [7, 11) is 0. The van der Waals surface area contributed by atoms with Crippen LogP contribution in [0.2, 0.25) is 0 Å². The first-order valence-corrected chi connectivity index (χ1v) is 2.30. The molecule has 0 radical (unpaired) electrons. The van der Waals surface area contributed by atoms with Crippen molar-refractivity contribution in [3.63, 3.8) is 0 Å². The van der Waals surface area contributed by atoms with Gasteiger partial charge in [0.25, 0.3) is 0 Å². The van der Waals surface area contributed by atoms with Crippen molar-refractivity contribution in [2.75, 3.05) is 6.61 Å². The van der Waals surface area contributed by atoms with Crippen molar-refractivity contribution in [2.45, 2.75) is 13.0 Å². The molecule has 0 aromatic carbocycles. The summed E-state index contributed by atoms with van der Waals surface area (Å²) < 4.78 is 4.32. The highest BCUT2D eigenvalue weighted by Crippen LogP contribution is 1.76. The molecule has 1 atom stereocenters. The average molecular weight is 118 g/mol. The Hall–Kier alpha value is -0.770. The highest BCUT2D eigenvalue weighted by Gasteiger charge is 1.95. The first kappa shape index (κ1) is 7.23. The standard InChI is InChI=1S/C4H10N2O2/c1-3(5)2-8-4(6)7/h3H,2,5H2,1H3,(H2,6,7). The van der Waals surface area contributed by atoms with E-state index in [0.717, 1.165) is 0 Å². The van der Waals surface area contributed by atoms with Crippen LogP contribution in [0.25, 0.3) is 0 Å². The number of hydrogen-bond donors (Lipinski definition) is 2. The Kier molecular flexibility index (Phi) is 2.95. The highest BCUT2D eigenvalue weighted by atomic mass is 16.5. The van der Waals surface area contributed by atoms with E-state index in [0.29, 0.717) is 0 Å². The Balaban J connectivity index is 3.05. The van der Waals surface area contributed by atoms with Crippen LogP contribution in [-0.2, 0) is 4.74 Å². The molecule has 0 aliphatic carbocycles. The van der Waals surface area contributed by atoms with E-state index in [1.165, 1.54) is 0 Å². The van der Waals surface area contributed by atoms with Gasteiger partial charge in [0.05, 0.1) is 0 Å². The van der Waals surface area contributed by atoms with Crippen LogP contribution in [0.3, 0.4) is 0 Å². The summed E-state index contributed by atoms with van der Waals surface area (Å²) in [6, 6.07) is -0.137. The molecule has 48 valence electrons. The number of nitrogens with two attached hydrogens (primary N) is 2. The van der Waals surface area contributed by atoms with Crippen LogP contribution >= 0.6 is 0 Å². The third kappa shape index (κ3) is 5.23. The Morgan fingerprint density at radius 1 is 1.88 bits per heavy atom. The largest absolute Gasteiger partial charge is 0.448 e. The molecule has 1 unspecified atom stereocenters. The molecule has 0 saturated carbocycles. The summed E-state index contributed by atoms with van der Waals surface area (Å²) in [6.07, 6.45) is -0.776. The van der Waals surface area contributed by atoms with E-state index >= 15 is 0 Å². The van der Waals surface area contributed by atoms with Crippen LogP contribution < -0.4 is 11.5 Å². The van der Waals surface area contributed by atoms with Crippen molar-refractivity contribution in [1.29, 1.82) is 0 Å². The Bertz CT molecular complexity index is 82.1. The fourth-order valence-corrected chi connectivity index (χ4v) is 0.214. The Labute approximate surface area is 47.8 Å². The second kappa shape index (κ2) is 3.26. The maximum atomic E-state index is 9.85. The lowest BCUT2D eigenvalue weighted by Gasteiger charge is -2.02. The van der Waals surface area contributed by atoms with Crippen LogP contribution in [0, 0.1) is 0 Å². The molecular weight excluding hydrogens is 108 g/mol. The SMILES string of the molecule is CC(N)COC(N)=O. The van der Waals surface area contributed by atoms with Crippen molar-refractivity contribution in [2.24, 2.45) is 11.5 Å². The molecule has 4 heteroatoms. The smallest absolute Gasteiger partial charge is 0.404 e. The lowest BCUT2D eigenvalue weighted by molar-refractivity contribution is 0.151. The fraction of sp³-hybridized carbons (Fsp3) is 0.750. The van der Waals surface area contributed by atoms with E-state index in [4.69, 9.17) is 5.73 Å². The highest BCUT2D eigenvalue weighted by molar-refractivity contribution is 5.64. The van der Waals surface area contributed by atoms with Crippen LogP contribution in [0.1, 0.15) is 6.92 Å². The third-order valence-corrected chi connectivity index (χ3v) is 0.488. The maximum absolute atomic E-state index is 9.85. The second-order valence-corrected chi connectivity index (χ2v) is 1.61. The van der Waals surface area contributed by atoms with E-state index in [2.05, 4.69) is 10.5 Å². The molecule has 0 aromatic heterocycles. The van der Waals surface area contributed by atoms with E-state index < -0.39 is 6.09 Å². The average Bonchev–Trinajstić information content (AvgIpc) is 1.61. The lowest BCUT2D eigenvalue weighted by atomic mass is 10.4. The van der Waals surface area contributed by atoms with Gasteiger partial charge in [0.2, 0.25) is 0 Å². The summed E-state index contributed by atoms with van der Waals surface area (Å²) in [5.41, 5.74) is 9.83. The summed E-state index contributed by atoms with van der Waals surface area (Å²) in [6.45, 7) is 1.91. The van der Waals surface area contributed by atoms with Gasteiger partial charge in [0.1, 0.15) is 6.61 Å². The van der Waals surface area contributed by atoms with E-state index in [9.17, 15) is 4.79 Å². The van der Waals surface area contributed by atoms with Crippen LogP contribution in [0.4, 0.5) is 4.79 Å². The monoisotopic (exact) mass is 118 g/mol. The molecule has 0 aliphatic rings. The minimum atomic E-state index is -0.776. The van der Waals surface area contributed by atoms with Gasteiger partial charge in [0, 0.05) is 6.04 Å². The van der Waals surface area contributed by atoms with Gasteiger partial charge in [-0.15, -0.1) is 0 Å². The summed E-state index contributed by atoms with van der Waals surface area (Å²) in [5, 5.41) is 0. The number of hydrogen-bond acceptors (Lipinski definition) is 3. The molecule has 4 N–H and O–H groups in total. The minimum absolute atomic E-state index is 0.137. The minimum Gasteiger partial charge on any atom is -0.448 e. The van der Waals surface area contributed by atoms with Crippen LogP contribution in [0.5, 0.6) is 0 Å². The third-order valence-electron chi connectivity index (χ3n) is 0.488. The van der Waals surface area contributed by atoms with Crippen molar-refractivity contribution in [3.8, 4) is 0 Å². The Morgan fingerprint density at radius 2 is 2.38 bits per heavy atom. The number of carbonyl (C=O) groups excluding carboxylic acids is 1. The first-order chi connectivity index (χ1) is 3.63. The van der Waals surface area contributed by atoms with Crippen molar-refractivity contribution >= 4 is 6.09 Å². The quantitative estimate of drug-likeness (QED) is 0.509. The molecular formula is C4H10N2O2. The van der Waals surface area contributed by atoms with Gasteiger partial charge >= 0.3 is 6.09 Å². The lowest BCUT2D eigenvalue weighted by Crippen LogP contribution is -2.26. The van der Waals surface area contributed by atoms with Crippen LogP contribution in [0.15, 0.2) is 0 Å². The van der Waals surface area contributed by atoms with Gasteiger partial charge in [-0.3, -0.25) is 0 Å². The molecule has 0 aliphatic heterocycles. The zero-order chi connectivity index (χ0) is 6.57. The maximum Gasteiger partial charge on any atom is 0.404 e. The first-order valence-electron chi connectivity index (χ1n) is 2.30. The van der Waals surface area contributed by atoms with Gasteiger partial charge in [0.15, 0.2) is 0 Å². The molecule has 0 bridgehead atoms. The zero-order valence-corrected chi connectivity index (χ0v) is 4.76. The van der Waals surface area contributed by atoms with Crippen molar-refractivity contribution in [1.82, 2.24) is 0 Å². The van der Waals surface area contributed by atoms with Gasteiger partial charge in [-0.05, 0) is 6.92 Å². The fourth-order valence-electron chi connectivity index (χ4n) is 0.214. The number of carbonyl (C=O) groups is 1. The molecule has 1 amide bonds. The van der Waals surface area contributed by atoms with Gasteiger partial charge in [-0.1, -0.05) is 0 Å². The van der Waals surface area contributed by atoms with E-state index in [-0.39, 0.29) is 12.6 Å². The molecule has 4 nitrogen and oxygen atoms in total. The molecule has 0 aromatic rings. The summed E-state index contributed by atoms with van der Waals surface area (Å²) in [5.74, 6) is 0. The predicted molar refractivity (Wildman–Crippen MR) is 29.2 cm³/mol. The molecule has 0 saturated heterocycles. The molecule has 0 fully saturated rings. The van der Waals surface area contributed by atoms with Crippen LogP contribution in [-0.4, -0.2) is 18.7 Å². The number of rotatable bonds is 2. The summed E-state index contributed by atoms with van der Waals surface area (Å²) >= 11 is 0. The van der Waals surface area contributed by atoms with Crippen molar-refractivity contribution < 1.29 is 9.53 Å². The van der Waals surface area contributed by atoms with Gasteiger partial charge in [-0.25, -0.2) is 4.79 Å². The summed E-state index contributed by atoms with van der Waals surface area (Å²) in [4.78, 5) is 9.85. The number of primary amides is 1. The van der Waals surface area contributed by atoms with Gasteiger partial charge in [-0.2, -0.15) is 0 Å². The number of ether oxygens (including phenoxy) is 1. The molecule has 0 heterocycles.